The normalized spacial score (nSPS) is 21.3. The molecule has 1 aliphatic rings. The molecule has 0 saturated heterocycles. The molecule has 1 aliphatic carbocycles. The molecule has 188 valence electrons. The predicted octanol–water partition coefficient (Wildman–Crippen LogP) is 6.35. The van der Waals surface area contributed by atoms with Crippen molar-refractivity contribution in [1.82, 2.24) is 0 Å². The number of aliphatic carboxylic acids is 1. The number of ether oxygens (including phenoxy) is 1. The molecule has 3 N–H and O–H groups in total. The van der Waals surface area contributed by atoms with Crippen molar-refractivity contribution in [3.63, 3.8) is 0 Å². The summed E-state index contributed by atoms with van der Waals surface area (Å²) in [6.45, 7) is 0. The van der Waals surface area contributed by atoms with E-state index in [1.807, 2.05) is 0 Å². The molecule has 1 fully saturated rings. The largest absolute Gasteiger partial charge is 0.490 e. The summed E-state index contributed by atoms with van der Waals surface area (Å²) >= 11 is 1.40. The molecule has 1 atom stereocenters. The Balaban J connectivity index is 1.96. The summed E-state index contributed by atoms with van der Waals surface area (Å²) in [5.41, 5.74) is 3.49. The van der Waals surface area contributed by atoms with Crippen LogP contribution in [-0.2, 0) is 16.5 Å². The van der Waals surface area contributed by atoms with Crippen LogP contribution in [0, 0.1) is 5.92 Å². The van der Waals surface area contributed by atoms with Gasteiger partial charge in [0.05, 0.1) is 12.0 Å². The van der Waals surface area contributed by atoms with E-state index in [4.69, 9.17) is 10.5 Å². The molecule has 4 nitrogen and oxygen atoms in total. The standard InChI is InChI=1S/C23H25F6NO3S/c1-34-11-10-21(30,20(31)32)15-5-8-17-13(12-15)2-9-18(19(17)23(27,28)29)33-16-6-3-14(4-7-16)22(24,25)26/h2,5,8-9,12,14,16H,3-4,6-7,10-11,30H2,1H3,(H,31,32). The number of hydrogen-bond donors (Lipinski definition) is 2. The molecule has 0 aromatic heterocycles. The van der Waals surface area contributed by atoms with Gasteiger partial charge in [-0.3, -0.25) is 0 Å². The lowest BCUT2D eigenvalue weighted by atomic mass is 9.86. The average molecular weight is 510 g/mol. The number of nitrogens with two attached hydrogens (primary N) is 1. The molecular formula is C23H25F6NO3S. The van der Waals surface area contributed by atoms with Crippen molar-refractivity contribution in [2.45, 2.75) is 56.1 Å². The number of carboxylic acids is 1. The number of rotatable bonds is 7. The van der Waals surface area contributed by atoms with Crippen molar-refractivity contribution in [2.24, 2.45) is 11.7 Å². The molecule has 0 heterocycles. The Hall–Kier alpha value is -2.14. The highest BCUT2D eigenvalue weighted by molar-refractivity contribution is 7.98. The number of halogens is 6. The van der Waals surface area contributed by atoms with Crippen LogP contribution in [0.25, 0.3) is 10.8 Å². The zero-order chi connectivity index (χ0) is 25.3. The fraction of sp³-hybridized carbons (Fsp3) is 0.522. The van der Waals surface area contributed by atoms with E-state index in [1.54, 1.807) is 6.26 Å². The molecule has 0 amide bonds. The van der Waals surface area contributed by atoms with Gasteiger partial charge in [-0.2, -0.15) is 38.1 Å². The summed E-state index contributed by atoms with van der Waals surface area (Å²) < 4.78 is 86.3. The van der Waals surface area contributed by atoms with Crippen LogP contribution in [0.15, 0.2) is 30.3 Å². The summed E-state index contributed by atoms with van der Waals surface area (Å²) in [5.74, 6) is -2.77. The molecule has 0 spiro atoms. The first-order chi connectivity index (χ1) is 15.8. The monoisotopic (exact) mass is 509 g/mol. The fourth-order valence-electron chi connectivity index (χ4n) is 4.30. The lowest BCUT2D eigenvalue weighted by Gasteiger charge is -2.31. The van der Waals surface area contributed by atoms with E-state index in [0.29, 0.717) is 5.75 Å². The lowest BCUT2D eigenvalue weighted by molar-refractivity contribution is -0.185. The highest BCUT2D eigenvalue weighted by Crippen LogP contribution is 2.44. The van der Waals surface area contributed by atoms with Crippen LogP contribution in [0.2, 0.25) is 0 Å². The maximum atomic E-state index is 14.0. The van der Waals surface area contributed by atoms with Crippen molar-refractivity contribution in [1.29, 1.82) is 0 Å². The SMILES string of the molecule is CSCCC(N)(C(=O)O)c1ccc2c(C(F)(F)F)c(OC3CCC(C(F)(F)F)CC3)ccc2c1. The van der Waals surface area contributed by atoms with Gasteiger partial charge >= 0.3 is 18.3 Å². The van der Waals surface area contributed by atoms with Gasteiger partial charge in [0, 0.05) is 0 Å². The third-order valence-electron chi connectivity index (χ3n) is 6.29. The minimum atomic E-state index is -4.80. The van der Waals surface area contributed by atoms with Gasteiger partial charge in [-0.15, -0.1) is 0 Å². The van der Waals surface area contributed by atoms with E-state index < -0.39 is 47.2 Å². The molecule has 2 aromatic carbocycles. The van der Waals surface area contributed by atoms with E-state index in [0.717, 1.165) is 6.07 Å². The van der Waals surface area contributed by atoms with Crippen LogP contribution in [0.3, 0.4) is 0 Å². The van der Waals surface area contributed by atoms with Gasteiger partial charge in [-0.05, 0) is 72.6 Å². The molecule has 2 aromatic rings. The number of carboxylic acid groups (broad SMARTS) is 1. The fourth-order valence-corrected chi connectivity index (χ4v) is 4.83. The number of fused-ring (bicyclic) bond motifs is 1. The van der Waals surface area contributed by atoms with Crippen LogP contribution in [-0.4, -0.2) is 35.4 Å². The minimum Gasteiger partial charge on any atom is -0.490 e. The van der Waals surface area contributed by atoms with Crippen molar-refractivity contribution < 1.29 is 41.0 Å². The summed E-state index contributed by atoms with van der Waals surface area (Å²) in [4.78, 5) is 11.8. The summed E-state index contributed by atoms with van der Waals surface area (Å²) in [6.07, 6.45) is -8.40. The zero-order valence-electron chi connectivity index (χ0n) is 18.3. The first-order valence-electron chi connectivity index (χ1n) is 10.7. The van der Waals surface area contributed by atoms with E-state index in [9.17, 15) is 36.2 Å². The smallest absolute Gasteiger partial charge is 0.420 e. The maximum Gasteiger partial charge on any atom is 0.420 e. The number of benzene rings is 2. The molecule has 0 bridgehead atoms. The van der Waals surface area contributed by atoms with E-state index in [-0.39, 0.29) is 48.4 Å². The van der Waals surface area contributed by atoms with Gasteiger partial charge in [-0.1, -0.05) is 18.2 Å². The van der Waals surface area contributed by atoms with Crippen molar-refractivity contribution in [3.8, 4) is 5.75 Å². The maximum absolute atomic E-state index is 14.0. The highest BCUT2D eigenvalue weighted by Gasteiger charge is 2.43. The molecule has 0 aliphatic heterocycles. The van der Waals surface area contributed by atoms with E-state index >= 15 is 0 Å². The highest BCUT2D eigenvalue weighted by atomic mass is 32.2. The summed E-state index contributed by atoms with van der Waals surface area (Å²) in [6, 6.07) is 6.28. The lowest BCUT2D eigenvalue weighted by Crippen LogP contribution is -2.45. The van der Waals surface area contributed by atoms with Crippen LogP contribution in [0.1, 0.15) is 43.2 Å². The van der Waals surface area contributed by atoms with Crippen LogP contribution >= 0.6 is 11.8 Å². The molecule has 34 heavy (non-hydrogen) atoms. The Bertz CT molecular complexity index is 1030. The Kier molecular flexibility index (Phi) is 7.66. The van der Waals surface area contributed by atoms with Gasteiger partial charge in [0.15, 0.2) is 0 Å². The number of carbonyl (C=O) groups is 1. The molecule has 1 unspecified atom stereocenters. The second kappa shape index (κ2) is 9.85. The molecule has 11 heteroatoms. The molecular weight excluding hydrogens is 484 g/mol. The van der Waals surface area contributed by atoms with E-state index in [2.05, 4.69) is 0 Å². The summed E-state index contributed by atoms with van der Waals surface area (Å²) in [5, 5.41) is 9.60. The van der Waals surface area contributed by atoms with Gasteiger partial charge < -0.3 is 15.6 Å². The van der Waals surface area contributed by atoms with Gasteiger partial charge in [0.25, 0.3) is 0 Å². The Morgan fingerprint density at radius 3 is 2.26 bits per heavy atom. The summed E-state index contributed by atoms with van der Waals surface area (Å²) in [7, 11) is 0. The second-order valence-corrected chi connectivity index (χ2v) is 9.51. The topological polar surface area (TPSA) is 72.6 Å². The van der Waals surface area contributed by atoms with Gasteiger partial charge in [-0.25, -0.2) is 4.79 Å². The van der Waals surface area contributed by atoms with Crippen molar-refractivity contribution in [2.75, 3.05) is 12.0 Å². The molecule has 0 radical (unpaired) electrons. The Labute approximate surface area is 196 Å². The van der Waals surface area contributed by atoms with Gasteiger partial charge in [0.2, 0.25) is 0 Å². The minimum absolute atomic E-state index is 0.00218. The first kappa shape index (κ1) is 26.5. The van der Waals surface area contributed by atoms with Crippen LogP contribution < -0.4 is 10.5 Å². The van der Waals surface area contributed by atoms with Crippen molar-refractivity contribution >= 4 is 28.5 Å². The average Bonchev–Trinajstić information content (AvgIpc) is 2.75. The Morgan fingerprint density at radius 1 is 1.09 bits per heavy atom. The number of thioether (sulfide) groups is 1. The van der Waals surface area contributed by atoms with Crippen LogP contribution in [0.4, 0.5) is 26.3 Å². The molecule has 1 saturated carbocycles. The van der Waals surface area contributed by atoms with E-state index in [1.165, 1.54) is 36.0 Å². The third kappa shape index (κ3) is 5.56. The van der Waals surface area contributed by atoms with Crippen LogP contribution in [0.5, 0.6) is 5.75 Å². The number of hydrogen-bond acceptors (Lipinski definition) is 4. The van der Waals surface area contributed by atoms with Gasteiger partial charge in [0.1, 0.15) is 16.9 Å². The van der Waals surface area contributed by atoms with Crippen molar-refractivity contribution in [3.05, 3.63) is 41.5 Å². The third-order valence-corrected chi connectivity index (χ3v) is 6.91. The molecule has 3 rings (SSSR count). The quantitative estimate of drug-likeness (QED) is 0.426. The second-order valence-electron chi connectivity index (χ2n) is 8.52. The predicted molar refractivity (Wildman–Crippen MR) is 118 cm³/mol. The zero-order valence-corrected chi connectivity index (χ0v) is 19.1. The first-order valence-corrected chi connectivity index (χ1v) is 12.1. The Morgan fingerprint density at radius 2 is 1.74 bits per heavy atom. The number of alkyl halides is 6.